The normalized spacial score (nSPS) is 13.9. The summed E-state index contributed by atoms with van der Waals surface area (Å²) in [5, 5.41) is 16.6. The van der Waals surface area contributed by atoms with Crippen LogP contribution in [0.15, 0.2) is 36.4 Å². The van der Waals surface area contributed by atoms with Gasteiger partial charge in [0.25, 0.3) is 5.91 Å². The lowest BCUT2D eigenvalue weighted by atomic mass is 10.1. The summed E-state index contributed by atoms with van der Waals surface area (Å²) in [5.41, 5.74) is 1.17. The number of hydrogen-bond acceptors (Lipinski definition) is 13. The predicted octanol–water partition coefficient (Wildman–Crippen LogP) is 7.27. The molecule has 0 atom stereocenters. The van der Waals surface area contributed by atoms with Gasteiger partial charge in [0.05, 0.1) is 23.4 Å². The number of phenols is 1. The summed E-state index contributed by atoms with van der Waals surface area (Å²) < 4.78 is 5.09. The van der Waals surface area contributed by atoms with Crippen LogP contribution in [0.3, 0.4) is 0 Å². The van der Waals surface area contributed by atoms with Crippen LogP contribution in [0.5, 0.6) is 11.5 Å². The number of benzene rings is 2. The highest BCUT2D eigenvalue weighted by Gasteiger charge is 2.21. The van der Waals surface area contributed by atoms with Gasteiger partial charge < -0.3 is 54.9 Å². The first kappa shape index (κ1) is 39.3. The van der Waals surface area contributed by atoms with Gasteiger partial charge in [0.1, 0.15) is 0 Å². The van der Waals surface area contributed by atoms with Crippen molar-refractivity contribution in [2.45, 2.75) is 38.5 Å². The van der Waals surface area contributed by atoms with Gasteiger partial charge in [-0.1, -0.05) is 17.7 Å². The maximum absolute atomic E-state index is 12.8. The van der Waals surface area contributed by atoms with E-state index in [-0.39, 0.29) is 59.8 Å². The molecule has 0 bridgehead atoms. The number of phenolic OH excluding ortho intramolecular Hbond substituents is 1. The molecule has 2 aromatic carbocycles. The first-order chi connectivity index (χ1) is 18.5. The number of methoxy groups -OCH3 is 1. The Kier molecular flexibility index (Phi) is 16.6. The van der Waals surface area contributed by atoms with E-state index >= 15 is 0 Å². The summed E-state index contributed by atoms with van der Waals surface area (Å²) in [6.07, 6.45) is 6.97. The minimum absolute atomic E-state index is 0. The topological polar surface area (TPSA) is 256 Å². The zero-order valence-corrected chi connectivity index (χ0v) is 26.2. The van der Waals surface area contributed by atoms with Gasteiger partial charge in [-0.3, -0.25) is 4.79 Å². The van der Waals surface area contributed by atoms with Crippen LogP contribution in [0.4, 0.5) is 29.2 Å². The SMILES string of the molecule is COc1cccc(C(=O)Nc2ccc(Nc3nc(N4CCCCC4)nc(N4CCCCC4)n3)cc2Cl)c1O.Cl.N.N.N.N.[HH].[HH].[HH].[HH]. The maximum atomic E-state index is 12.8. The molecule has 2 aliphatic rings. The molecule has 16 heteroatoms. The van der Waals surface area contributed by atoms with Gasteiger partial charge in [-0.05, 0) is 68.9 Å². The van der Waals surface area contributed by atoms with E-state index in [4.69, 9.17) is 31.3 Å². The molecule has 0 spiro atoms. The molecule has 43 heavy (non-hydrogen) atoms. The van der Waals surface area contributed by atoms with Crippen molar-refractivity contribution in [3.63, 3.8) is 0 Å². The van der Waals surface area contributed by atoms with Gasteiger partial charge in [-0.2, -0.15) is 15.0 Å². The Labute approximate surface area is 269 Å². The van der Waals surface area contributed by atoms with Gasteiger partial charge in [0.15, 0.2) is 11.5 Å². The molecule has 2 aliphatic heterocycles. The molecule has 0 aliphatic carbocycles. The molecular formula is C27H53Cl2N11O3. The largest absolute Gasteiger partial charge is 0.504 e. The molecule has 3 aromatic rings. The van der Waals surface area contributed by atoms with Crippen molar-refractivity contribution in [2.75, 3.05) is 53.7 Å². The Balaban J connectivity index is -0.000000653. The van der Waals surface area contributed by atoms with Crippen LogP contribution in [0, 0.1) is 0 Å². The van der Waals surface area contributed by atoms with Crippen LogP contribution in [0.2, 0.25) is 5.02 Å². The van der Waals surface area contributed by atoms with Gasteiger partial charge in [0, 0.05) is 37.6 Å². The maximum Gasteiger partial charge on any atom is 0.259 e. The quantitative estimate of drug-likeness (QED) is 0.133. The molecule has 1 aromatic heterocycles. The van der Waals surface area contributed by atoms with Crippen molar-refractivity contribution in [3.05, 3.63) is 47.0 Å². The van der Waals surface area contributed by atoms with E-state index in [1.165, 1.54) is 26.0 Å². The molecule has 2 saturated heterocycles. The lowest BCUT2D eigenvalue weighted by Gasteiger charge is -2.30. The molecule has 2 fully saturated rings. The molecule has 5 rings (SSSR count). The van der Waals surface area contributed by atoms with Gasteiger partial charge in [0.2, 0.25) is 17.8 Å². The summed E-state index contributed by atoms with van der Waals surface area (Å²) in [6.45, 7) is 3.75. The van der Waals surface area contributed by atoms with E-state index in [9.17, 15) is 9.90 Å². The fraction of sp³-hybridized carbons (Fsp3) is 0.407. The summed E-state index contributed by atoms with van der Waals surface area (Å²) in [7, 11) is 1.43. The van der Waals surface area contributed by atoms with Crippen LogP contribution in [0.25, 0.3) is 0 Å². The van der Waals surface area contributed by atoms with Crippen molar-refractivity contribution in [2.24, 2.45) is 0 Å². The van der Waals surface area contributed by atoms with Crippen molar-refractivity contribution < 1.29 is 20.3 Å². The Hall–Kier alpha value is -3.66. The molecule has 1 amide bonds. The van der Waals surface area contributed by atoms with Crippen molar-refractivity contribution in [3.8, 4) is 11.5 Å². The van der Waals surface area contributed by atoms with Gasteiger partial charge in [-0.25, -0.2) is 0 Å². The van der Waals surface area contributed by atoms with Crippen molar-refractivity contribution in [1.82, 2.24) is 39.6 Å². The summed E-state index contributed by atoms with van der Waals surface area (Å²) in [6, 6.07) is 9.91. The number of nitrogens with one attached hydrogen (secondary N) is 2. The van der Waals surface area contributed by atoms with E-state index in [1.807, 2.05) is 0 Å². The number of amides is 1. The molecule has 15 N–H and O–H groups in total. The number of carbonyl (C=O) groups excluding carboxylic acids is 1. The average molecular weight is 651 g/mol. The van der Waals surface area contributed by atoms with E-state index < -0.39 is 5.91 Å². The van der Waals surface area contributed by atoms with E-state index in [0.717, 1.165) is 51.9 Å². The summed E-state index contributed by atoms with van der Waals surface area (Å²) in [4.78, 5) is 31.5. The number of halogens is 2. The number of aromatic nitrogens is 3. The second-order valence-corrected chi connectivity index (χ2v) is 9.89. The average Bonchev–Trinajstić information content (AvgIpc) is 2.95. The highest BCUT2D eigenvalue weighted by Crippen LogP contribution is 2.32. The molecule has 0 unspecified atom stereocenters. The zero-order chi connectivity index (χ0) is 26.5. The predicted molar refractivity (Wildman–Crippen MR) is 185 cm³/mol. The third-order valence-corrected chi connectivity index (χ3v) is 7.14. The minimum Gasteiger partial charge on any atom is -0.504 e. The molecule has 0 saturated carbocycles. The summed E-state index contributed by atoms with van der Waals surface area (Å²) >= 11 is 6.52. The van der Waals surface area contributed by atoms with Crippen LogP contribution >= 0.6 is 24.0 Å². The Morgan fingerprint density at radius 1 is 0.884 bits per heavy atom. The van der Waals surface area contributed by atoms with Crippen molar-refractivity contribution >= 4 is 59.1 Å². The van der Waals surface area contributed by atoms with E-state index in [1.54, 1.807) is 30.3 Å². The molecular weight excluding hydrogens is 597 g/mol. The lowest BCUT2D eigenvalue weighted by Crippen LogP contribution is -2.34. The number of rotatable bonds is 7. The fourth-order valence-corrected chi connectivity index (χ4v) is 4.99. The lowest BCUT2D eigenvalue weighted by molar-refractivity contribution is 0.102. The van der Waals surface area contributed by atoms with Gasteiger partial charge >= 0.3 is 0 Å². The zero-order valence-electron chi connectivity index (χ0n) is 24.6. The number of piperidine rings is 2. The van der Waals surface area contributed by atoms with Crippen molar-refractivity contribution in [1.29, 1.82) is 0 Å². The second kappa shape index (κ2) is 18.1. The number of carbonyl (C=O) groups is 1. The Morgan fingerprint density at radius 3 is 1.95 bits per heavy atom. The standard InChI is InChI=1S/C27H32ClN7O3.ClH.4H3N.4H2/c1-38-22-10-8-9-19(23(22)36)24(37)30-21-12-11-18(17-20(21)28)29-25-31-26(34-13-4-2-5-14-34)33-27(32-25)35-15-6-3-7-16-35;;;;;;;;;/h8-12,17,36H,2-7,13-16H2,1H3,(H,30,37)(H,29,31,32,33);1H;4*1H3;4*1H. The first-order valence-electron chi connectivity index (χ1n) is 13.0. The number of nitrogens with zero attached hydrogens (tertiary/aromatic N) is 5. The van der Waals surface area contributed by atoms with Gasteiger partial charge in [-0.15, -0.1) is 12.4 Å². The molecule has 14 nitrogen and oxygen atoms in total. The first-order valence-corrected chi connectivity index (χ1v) is 13.4. The number of para-hydroxylation sites is 1. The second-order valence-electron chi connectivity index (χ2n) is 9.48. The number of ether oxygens (including phenoxy) is 1. The number of aromatic hydroxyl groups is 1. The number of hydrogen-bond donors (Lipinski definition) is 7. The molecule has 3 heterocycles. The fourth-order valence-electron chi connectivity index (χ4n) is 4.76. The van der Waals surface area contributed by atoms with E-state index in [2.05, 4.69) is 20.4 Å². The van der Waals surface area contributed by atoms with Crippen LogP contribution < -0.4 is 49.8 Å². The van der Waals surface area contributed by atoms with Crippen LogP contribution in [0.1, 0.15) is 54.6 Å². The Bertz CT molecular complexity index is 1290. The number of anilines is 5. The third kappa shape index (κ3) is 9.41. The van der Waals surface area contributed by atoms with Crippen LogP contribution in [-0.4, -0.2) is 59.3 Å². The Morgan fingerprint density at radius 2 is 1.44 bits per heavy atom. The molecule has 248 valence electrons. The van der Waals surface area contributed by atoms with E-state index in [0.29, 0.717) is 34.2 Å². The highest BCUT2D eigenvalue weighted by atomic mass is 35.5. The monoisotopic (exact) mass is 649 g/mol. The summed E-state index contributed by atoms with van der Waals surface area (Å²) in [5.74, 6) is 1.32. The smallest absolute Gasteiger partial charge is 0.259 e. The minimum atomic E-state index is -0.501. The van der Waals surface area contributed by atoms with Crippen LogP contribution in [-0.2, 0) is 0 Å². The third-order valence-electron chi connectivity index (χ3n) is 6.83. The molecule has 0 radical (unpaired) electrons. The highest BCUT2D eigenvalue weighted by molar-refractivity contribution is 6.34.